The minimum Gasteiger partial charge on any atom is -0.489 e. The highest BCUT2D eigenvalue weighted by molar-refractivity contribution is 7.54. The van der Waals surface area contributed by atoms with Crippen LogP contribution in [-0.2, 0) is 13.6 Å². The molecule has 0 aliphatic carbocycles. The lowest BCUT2D eigenvalue weighted by molar-refractivity contribution is 0.107. The van der Waals surface area contributed by atoms with E-state index in [1.54, 1.807) is 50.3 Å². The lowest BCUT2D eigenvalue weighted by atomic mass is 10.2. The third-order valence-electron chi connectivity index (χ3n) is 2.58. The summed E-state index contributed by atoms with van der Waals surface area (Å²) in [6.07, 6.45) is 3.55. The molecule has 0 N–H and O–H groups in total. The van der Waals surface area contributed by atoms with E-state index >= 15 is 0 Å². The topological polar surface area (TPSA) is 61.8 Å². The van der Waals surface area contributed by atoms with Crippen molar-refractivity contribution >= 4 is 24.4 Å². The Morgan fingerprint density at radius 1 is 1.18 bits per heavy atom. The molecule has 0 saturated heterocycles. The van der Waals surface area contributed by atoms with Gasteiger partial charge in [-0.15, -0.1) is 0 Å². The van der Waals surface area contributed by atoms with Gasteiger partial charge in [-0.25, -0.2) is 0 Å². The molecule has 0 amide bonds. The highest BCUT2D eigenvalue weighted by atomic mass is 35.5. The molecule has 0 unspecified atom stereocenters. The lowest BCUT2D eigenvalue weighted by Gasteiger charge is -2.14. The fraction of sp³-hybridized carbons (Fsp3) is 0.400. The van der Waals surface area contributed by atoms with Crippen LogP contribution in [0, 0.1) is 0 Å². The molecule has 0 spiro atoms. The predicted molar refractivity (Wildman–Crippen MR) is 87.0 cm³/mol. The average Bonchev–Trinajstić information content (AvgIpc) is 2.47. The van der Waals surface area contributed by atoms with Crippen LogP contribution in [0.3, 0.4) is 0 Å². The molecule has 0 aliphatic heterocycles. The summed E-state index contributed by atoms with van der Waals surface area (Å²) in [6, 6.07) is 6.71. The normalized spacial score (nSPS) is 11.8. The summed E-state index contributed by atoms with van der Waals surface area (Å²) in [7, 11) is -3.07. The number of ether oxygens (including phenoxy) is 1. The minimum atomic E-state index is -3.07. The van der Waals surface area contributed by atoms with Gasteiger partial charge in [0.05, 0.1) is 24.9 Å². The van der Waals surface area contributed by atoms with Crippen molar-refractivity contribution in [1.29, 1.82) is 0 Å². The van der Waals surface area contributed by atoms with Gasteiger partial charge in [0.15, 0.2) is 0 Å². The Morgan fingerprint density at radius 3 is 2.41 bits per heavy atom. The summed E-state index contributed by atoms with van der Waals surface area (Å²) in [4.78, 5) is 11.2. The number of rotatable bonds is 10. The Kier molecular flexibility index (Phi) is 8.43. The largest absolute Gasteiger partial charge is 0.489 e. The van der Waals surface area contributed by atoms with Gasteiger partial charge < -0.3 is 13.8 Å². The molecule has 7 heteroatoms. The molecule has 0 aliphatic rings. The monoisotopic (exact) mass is 346 g/mol. The van der Waals surface area contributed by atoms with Crippen LogP contribution in [0.5, 0.6) is 5.75 Å². The summed E-state index contributed by atoms with van der Waals surface area (Å²) >= 11 is 5.47. The van der Waals surface area contributed by atoms with Crippen LogP contribution in [-0.4, -0.2) is 31.2 Å². The first-order valence-electron chi connectivity index (χ1n) is 6.97. The van der Waals surface area contributed by atoms with Crippen molar-refractivity contribution in [3.05, 3.63) is 42.0 Å². The van der Waals surface area contributed by atoms with Gasteiger partial charge in [0, 0.05) is 0 Å². The van der Waals surface area contributed by atoms with Crippen LogP contribution in [0.2, 0.25) is 0 Å². The molecule has 1 aromatic carbocycles. The second kappa shape index (κ2) is 9.80. The fourth-order valence-electron chi connectivity index (χ4n) is 1.70. The van der Waals surface area contributed by atoms with Crippen LogP contribution < -0.4 is 4.74 Å². The number of allylic oxidation sites excluding steroid dienone is 1. The van der Waals surface area contributed by atoms with Crippen LogP contribution in [0.15, 0.2) is 36.4 Å². The van der Waals surface area contributed by atoms with Crippen LogP contribution >= 0.6 is 19.2 Å². The van der Waals surface area contributed by atoms with Crippen molar-refractivity contribution in [2.45, 2.75) is 13.8 Å². The van der Waals surface area contributed by atoms with Crippen LogP contribution in [0.1, 0.15) is 24.2 Å². The number of hydrogen-bond donors (Lipinski definition) is 0. The number of carbonyl (C=O) groups excluding carboxylic acids is 1. The molecular formula is C15H20ClO5P. The molecule has 5 nitrogen and oxygen atoms in total. The molecule has 0 fully saturated rings. The number of hydrogen-bond acceptors (Lipinski definition) is 5. The van der Waals surface area contributed by atoms with Gasteiger partial charge in [-0.3, -0.25) is 9.36 Å². The van der Waals surface area contributed by atoms with Crippen molar-refractivity contribution in [3.63, 3.8) is 0 Å². The van der Waals surface area contributed by atoms with E-state index in [-0.39, 0.29) is 12.8 Å². The first-order chi connectivity index (χ1) is 10.5. The molecule has 0 saturated carbocycles. The van der Waals surface area contributed by atoms with Gasteiger partial charge in [0.1, 0.15) is 12.4 Å². The maximum Gasteiger partial charge on any atom is 0.334 e. The second-order valence-corrected chi connectivity index (χ2v) is 6.63. The van der Waals surface area contributed by atoms with E-state index in [9.17, 15) is 9.36 Å². The van der Waals surface area contributed by atoms with E-state index in [1.165, 1.54) is 0 Å². The van der Waals surface area contributed by atoms with E-state index in [0.717, 1.165) is 0 Å². The van der Waals surface area contributed by atoms with E-state index in [1.807, 2.05) is 0 Å². The zero-order valence-corrected chi connectivity index (χ0v) is 14.3. The number of carbonyl (C=O) groups is 1. The standard InChI is InChI=1S/C15H20ClO5P/c1-3-20-22(18,21-4-2)12-8-7-11-19-14-10-6-5-9-13(14)15(16)17/h5-10H,3-4,11-12H2,1-2H3/b8-7+. The van der Waals surface area contributed by atoms with E-state index in [4.69, 9.17) is 25.4 Å². The van der Waals surface area contributed by atoms with E-state index in [2.05, 4.69) is 0 Å². The number of para-hydroxylation sites is 1. The van der Waals surface area contributed by atoms with Gasteiger partial charge in [-0.2, -0.15) is 0 Å². The van der Waals surface area contributed by atoms with Crippen molar-refractivity contribution in [3.8, 4) is 5.75 Å². The summed E-state index contributed by atoms with van der Waals surface area (Å²) < 4.78 is 28.0. The molecule has 0 heterocycles. The predicted octanol–water partition coefficient (Wildman–Crippen LogP) is 4.27. The fourth-order valence-corrected chi connectivity index (χ4v) is 3.34. The first-order valence-corrected chi connectivity index (χ1v) is 9.07. The Hall–Kier alpha value is -1.13. The molecule has 1 aromatic rings. The lowest BCUT2D eigenvalue weighted by Crippen LogP contribution is -2.01. The smallest absolute Gasteiger partial charge is 0.334 e. The van der Waals surface area contributed by atoms with Gasteiger partial charge in [0.2, 0.25) is 0 Å². The van der Waals surface area contributed by atoms with Crippen LogP contribution in [0.25, 0.3) is 0 Å². The minimum absolute atomic E-state index is 0.175. The van der Waals surface area contributed by atoms with Gasteiger partial charge in [0.25, 0.3) is 5.24 Å². The van der Waals surface area contributed by atoms with E-state index < -0.39 is 12.8 Å². The van der Waals surface area contributed by atoms with Gasteiger partial charge >= 0.3 is 7.60 Å². The number of halogens is 1. The third kappa shape index (κ3) is 6.32. The number of benzene rings is 1. The highest BCUT2D eigenvalue weighted by Crippen LogP contribution is 2.47. The SMILES string of the molecule is CCOP(=O)(C/C=C/COc1ccccc1C(=O)Cl)OCC. The van der Waals surface area contributed by atoms with Gasteiger partial charge in [-0.05, 0) is 37.6 Å². The molecular weight excluding hydrogens is 327 g/mol. The van der Waals surface area contributed by atoms with Crippen LogP contribution in [0.4, 0.5) is 0 Å². The Morgan fingerprint density at radius 2 is 1.82 bits per heavy atom. The Balaban J connectivity index is 2.53. The van der Waals surface area contributed by atoms with Crippen molar-refractivity contribution in [2.24, 2.45) is 0 Å². The molecule has 0 bridgehead atoms. The van der Waals surface area contributed by atoms with Crippen molar-refractivity contribution in [2.75, 3.05) is 26.0 Å². The maximum absolute atomic E-state index is 12.2. The van der Waals surface area contributed by atoms with E-state index in [0.29, 0.717) is 24.5 Å². The molecule has 122 valence electrons. The Labute approximate surface area is 135 Å². The van der Waals surface area contributed by atoms with Crippen molar-refractivity contribution in [1.82, 2.24) is 0 Å². The summed E-state index contributed by atoms with van der Waals surface area (Å²) in [5, 5.41) is -0.572. The molecule has 0 radical (unpaired) electrons. The molecule has 0 atom stereocenters. The average molecular weight is 347 g/mol. The van der Waals surface area contributed by atoms with Gasteiger partial charge in [-0.1, -0.05) is 24.3 Å². The second-order valence-electron chi connectivity index (χ2n) is 4.18. The first kappa shape index (κ1) is 18.9. The summed E-state index contributed by atoms with van der Waals surface area (Å²) in [6.45, 7) is 4.40. The zero-order chi connectivity index (χ0) is 16.4. The quantitative estimate of drug-likeness (QED) is 0.360. The molecule has 1 rings (SSSR count). The highest BCUT2D eigenvalue weighted by Gasteiger charge is 2.20. The third-order valence-corrected chi connectivity index (χ3v) is 4.75. The summed E-state index contributed by atoms with van der Waals surface area (Å²) in [5.74, 6) is 0.407. The van der Waals surface area contributed by atoms with Crippen molar-refractivity contribution < 1.29 is 23.1 Å². The molecule has 0 aromatic heterocycles. The Bertz CT molecular complexity index is 549. The maximum atomic E-state index is 12.2. The zero-order valence-electron chi connectivity index (χ0n) is 12.7. The molecule has 22 heavy (non-hydrogen) atoms. The summed E-state index contributed by atoms with van der Waals surface area (Å²) in [5.41, 5.74) is 0.312.